The second-order valence-electron chi connectivity index (χ2n) is 6.66. The van der Waals surface area contributed by atoms with E-state index in [2.05, 4.69) is 33.5 Å². The average Bonchev–Trinajstić information content (AvgIpc) is 2.76. The Morgan fingerprint density at radius 2 is 1.57 bits per heavy atom. The van der Waals surface area contributed by atoms with Gasteiger partial charge in [-0.2, -0.15) is 0 Å². The van der Waals surface area contributed by atoms with E-state index in [0.717, 1.165) is 17.3 Å². The van der Waals surface area contributed by atoms with Crippen LogP contribution >= 0.6 is 15.9 Å². The molecule has 0 saturated carbocycles. The van der Waals surface area contributed by atoms with Crippen LogP contribution in [0.2, 0.25) is 0 Å². The predicted octanol–water partition coefficient (Wildman–Crippen LogP) is 6.13. The number of ether oxygens (including phenoxy) is 1. The first-order valence-electron chi connectivity index (χ1n) is 9.77. The summed E-state index contributed by atoms with van der Waals surface area (Å²) in [6.07, 6.45) is 1.90. The van der Waals surface area contributed by atoms with Crippen LogP contribution in [0.25, 0.3) is 0 Å². The number of nitrogens with one attached hydrogen (secondary N) is 2. The predicted molar refractivity (Wildman–Crippen MR) is 123 cm³/mol. The number of halogens is 1. The van der Waals surface area contributed by atoms with Gasteiger partial charge < -0.3 is 15.4 Å². The lowest BCUT2D eigenvalue weighted by atomic mass is 10.1. The molecule has 30 heavy (non-hydrogen) atoms. The Hall–Kier alpha value is -3.12. The van der Waals surface area contributed by atoms with Gasteiger partial charge in [-0.15, -0.1) is 0 Å². The molecule has 0 aliphatic carbocycles. The van der Waals surface area contributed by atoms with Gasteiger partial charge in [0, 0.05) is 10.2 Å². The molecule has 0 aliphatic rings. The minimum Gasteiger partial charge on any atom is -0.493 e. The number of hydrogen-bond acceptors (Lipinski definition) is 3. The summed E-state index contributed by atoms with van der Waals surface area (Å²) in [5, 5.41) is 5.69. The molecule has 0 unspecified atom stereocenters. The lowest BCUT2D eigenvalue weighted by molar-refractivity contribution is 0.102. The van der Waals surface area contributed by atoms with E-state index in [1.807, 2.05) is 24.3 Å². The van der Waals surface area contributed by atoms with Crippen LogP contribution in [0, 0.1) is 0 Å². The lowest BCUT2D eigenvalue weighted by Crippen LogP contribution is -2.19. The maximum atomic E-state index is 13.0. The van der Waals surface area contributed by atoms with E-state index in [-0.39, 0.29) is 11.8 Å². The van der Waals surface area contributed by atoms with Gasteiger partial charge in [0.1, 0.15) is 5.75 Å². The standard InChI is InChI=1S/C24H23BrN2O3/c1-2-3-15-30-22-14-13-17(25)16-20(22)24(29)27-21-12-8-7-11-19(21)23(28)26-18-9-5-4-6-10-18/h4-14,16H,2-3,15H2,1H3,(H,26,28)(H,27,29). The molecule has 154 valence electrons. The summed E-state index contributed by atoms with van der Waals surface area (Å²) in [6, 6.07) is 21.4. The van der Waals surface area contributed by atoms with Crippen molar-refractivity contribution in [2.45, 2.75) is 19.8 Å². The van der Waals surface area contributed by atoms with Crippen molar-refractivity contribution in [1.82, 2.24) is 0 Å². The van der Waals surface area contributed by atoms with Crippen molar-refractivity contribution >= 4 is 39.1 Å². The molecule has 0 saturated heterocycles. The van der Waals surface area contributed by atoms with Crippen LogP contribution in [0.3, 0.4) is 0 Å². The van der Waals surface area contributed by atoms with Gasteiger partial charge in [-0.25, -0.2) is 0 Å². The number of carbonyl (C=O) groups excluding carboxylic acids is 2. The highest BCUT2D eigenvalue weighted by atomic mass is 79.9. The third-order valence-corrected chi connectivity index (χ3v) is 4.89. The fourth-order valence-corrected chi connectivity index (χ4v) is 3.19. The zero-order valence-electron chi connectivity index (χ0n) is 16.7. The minimum absolute atomic E-state index is 0.300. The van der Waals surface area contributed by atoms with Crippen molar-refractivity contribution in [3.63, 3.8) is 0 Å². The summed E-state index contributed by atoms with van der Waals surface area (Å²) in [6.45, 7) is 2.62. The Labute approximate surface area is 184 Å². The summed E-state index contributed by atoms with van der Waals surface area (Å²) in [4.78, 5) is 25.8. The molecule has 5 nitrogen and oxygen atoms in total. The summed E-state index contributed by atoms with van der Waals surface area (Å²) in [5.74, 6) is -0.135. The Balaban J connectivity index is 1.81. The average molecular weight is 467 g/mol. The van der Waals surface area contributed by atoms with E-state index < -0.39 is 0 Å². The molecule has 2 N–H and O–H groups in total. The van der Waals surface area contributed by atoms with Crippen LogP contribution in [0.1, 0.15) is 40.5 Å². The Bertz CT molecular complexity index is 1020. The summed E-state index contributed by atoms with van der Waals surface area (Å²) < 4.78 is 6.56. The maximum absolute atomic E-state index is 13.0. The largest absolute Gasteiger partial charge is 0.493 e. The van der Waals surface area contributed by atoms with Crippen molar-refractivity contribution in [2.75, 3.05) is 17.2 Å². The molecule has 2 amide bonds. The van der Waals surface area contributed by atoms with Crippen molar-refractivity contribution < 1.29 is 14.3 Å². The minimum atomic E-state index is -0.345. The molecule has 0 spiro atoms. The van der Waals surface area contributed by atoms with E-state index in [0.29, 0.717) is 34.9 Å². The first-order chi connectivity index (χ1) is 14.6. The van der Waals surface area contributed by atoms with Crippen molar-refractivity contribution in [2.24, 2.45) is 0 Å². The van der Waals surface area contributed by atoms with Crippen LogP contribution in [-0.2, 0) is 0 Å². The zero-order valence-corrected chi connectivity index (χ0v) is 18.2. The number of benzene rings is 3. The van der Waals surface area contributed by atoms with Gasteiger partial charge in [-0.1, -0.05) is 59.6 Å². The first kappa shape index (κ1) is 21.6. The molecule has 3 aromatic carbocycles. The molecule has 0 atom stereocenters. The van der Waals surface area contributed by atoms with E-state index in [4.69, 9.17) is 4.74 Å². The van der Waals surface area contributed by atoms with Gasteiger partial charge in [0.05, 0.1) is 23.4 Å². The number of unbranched alkanes of at least 4 members (excludes halogenated alkanes) is 1. The Kier molecular flexibility index (Phi) is 7.63. The molecule has 0 fully saturated rings. The van der Waals surface area contributed by atoms with E-state index in [1.165, 1.54) is 0 Å². The monoisotopic (exact) mass is 466 g/mol. The highest BCUT2D eigenvalue weighted by Crippen LogP contribution is 2.26. The molecule has 3 aromatic rings. The van der Waals surface area contributed by atoms with Crippen LogP contribution in [0.15, 0.2) is 77.3 Å². The molecule has 0 aliphatic heterocycles. The first-order valence-corrected chi connectivity index (χ1v) is 10.6. The fraction of sp³-hybridized carbons (Fsp3) is 0.167. The van der Waals surface area contributed by atoms with Crippen LogP contribution in [-0.4, -0.2) is 18.4 Å². The molecule has 0 aromatic heterocycles. The normalized spacial score (nSPS) is 10.3. The molecule has 0 heterocycles. The van der Waals surface area contributed by atoms with Gasteiger partial charge in [-0.05, 0) is 48.9 Å². The third kappa shape index (κ3) is 5.70. The SMILES string of the molecule is CCCCOc1ccc(Br)cc1C(=O)Nc1ccccc1C(=O)Nc1ccccc1. The highest BCUT2D eigenvalue weighted by molar-refractivity contribution is 9.10. The lowest BCUT2D eigenvalue weighted by Gasteiger charge is -2.14. The molecule has 0 bridgehead atoms. The van der Waals surface area contributed by atoms with Crippen molar-refractivity contribution in [1.29, 1.82) is 0 Å². The quantitative estimate of drug-likeness (QED) is 0.392. The molecule has 6 heteroatoms. The van der Waals surface area contributed by atoms with Crippen LogP contribution in [0.4, 0.5) is 11.4 Å². The smallest absolute Gasteiger partial charge is 0.259 e. The van der Waals surface area contributed by atoms with Gasteiger partial charge in [-0.3, -0.25) is 9.59 Å². The summed E-state index contributed by atoms with van der Waals surface area (Å²) >= 11 is 3.41. The highest BCUT2D eigenvalue weighted by Gasteiger charge is 2.17. The maximum Gasteiger partial charge on any atom is 0.259 e. The topological polar surface area (TPSA) is 67.4 Å². The van der Waals surface area contributed by atoms with E-state index in [9.17, 15) is 9.59 Å². The van der Waals surface area contributed by atoms with Gasteiger partial charge >= 0.3 is 0 Å². The summed E-state index contributed by atoms with van der Waals surface area (Å²) in [7, 11) is 0. The number of para-hydroxylation sites is 2. The number of anilines is 2. The van der Waals surface area contributed by atoms with E-state index in [1.54, 1.807) is 48.5 Å². The number of carbonyl (C=O) groups is 2. The fourth-order valence-electron chi connectivity index (χ4n) is 2.83. The number of amides is 2. The summed E-state index contributed by atoms with van der Waals surface area (Å²) in [5.41, 5.74) is 1.88. The Morgan fingerprint density at radius 3 is 2.33 bits per heavy atom. The zero-order chi connectivity index (χ0) is 21.3. The van der Waals surface area contributed by atoms with Gasteiger partial charge in [0.15, 0.2) is 0 Å². The molecular weight excluding hydrogens is 444 g/mol. The second kappa shape index (κ2) is 10.6. The second-order valence-corrected chi connectivity index (χ2v) is 7.58. The molecular formula is C24H23BrN2O3. The van der Waals surface area contributed by atoms with Crippen molar-refractivity contribution in [3.8, 4) is 5.75 Å². The number of hydrogen-bond donors (Lipinski definition) is 2. The van der Waals surface area contributed by atoms with Crippen LogP contribution in [0.5, 0.6) is 5.75 Å². The van der Waals surface area contributed by atoms with Crippen LogP contribution < -0.4 is 15.4 Å². The van der Waals surface area contributed by atoms with Gasteiger partial charge in [0.25, 0.3) is 11.8 Å². The molecule has 0 radical (unpaired) electrons. The molecule has 3 rings (SSSR count). The number of rotatable bonds is 8. The third-order valence-electron chi connectivity index (χ3n) is 4.39. The van der Waals surface area contributed by atoms with Crippen molar-refractivity contribution in [3.05, 3.63) is 88.4 Å². The van der Waals surface area contributed by atoms with Gasteiger partial charge in [0.2, 0.25) is 0 Å². The Morgan fingerprint density at radius 1 is 0.867 bits per heavy atom. The van der Waals surface area contributed by atoms with E-state index >= 15 is 0 Å².